The van der Waals surface area contributed by atoms with Crippen molar-refractivity contribution in [3.8, 4) is 0 Å². The van der Waals surface area contributed by atoms with Gasteiger partial charge < -0.3 is 14.8 Å². The number of hydrogen-bond acceptors (Lipinski definition) is 3. The molecule has 0 radical (unpaired) electrons. The van der Waals surface area contributed by atoms with Gasteiger partial charge >= 0.3 is 0 Å². The van der Waals surface area contributed by atoms with E-state index in [0.29, 0.717) is 6.04 Å². The van der Waals surface area contributed by atoms with Gasteiger partial charge in [0, 0.05) is 19.4 Å². The summed E-state index contributed by atoms with van der Waals surface area (Å²) in [5.74, 6) is 1.12. The summed E-state index contributed by atoms with van der Waals surface area (Å²) in [4.78, 5) is 6.92. The van der Waals surface area contributed by atoms with Gasteiger partial charge in [0.2, 0.25) is 0 Å². The highest BCUT2D eigenvalue weighted by molar-refractivity contribution is 4.96. The number of aryl methyl sites for hydroxylation is 1. The van der Waals surface area contributed by atoms with Crippen molar-refractivity contribution in [1.82, 2.24) is 19.8 Å². The zero-order chi connectivity index (χ0) is 12.1. The van der Waals surface area contributed by atoms with Crippen LogP contribution < -0.4 is 5.32 Å². The highest BCUT2D eigenvalue weighted by Crippen LogP contribution is 2.09. The Kier molecular flexibility index (Phi) is 4.57. The molecule has 4 nitrogen and oxygen atoms in total. The van der Waals surface area contributed by atoms with E-state index in [-0.39, 0.29) is 0 Å². The maximum Gasteiger partial charge on any atom is 0.125 e. The average Bonchev–Trinajstić information content (AvgIpc) is 2.95. The fourth-order valence-electron chi connectivity index (χ4n) is 2.51. The Balaban J connectivity index is 1.63. The molecule has 2 heterocycles. The van der Waals surface area contributed by atoms with Gasteiger partial charge in [-0.3, -0.25) is 0 Å². The number of hydrogen-bond donors (Lipinski definition) is 1. The van der Waals surface area contributed by atoms with E-state index in [4.69, 9.17) is 0 Å². The maximum absolute atomic E-state index is 4.36. The largest absolute Gasteiger partial charge is 0.337 e. The molecule has 1 aromatic heterocycles. The second-order valence-corrected chi connectivity index (χ2v) is 4.97. The van der Waals surface area contributed by atoms with Crippen molar-refractivity contribution in [2.75, 3.05) is 26.2 Å². The third kappa shape index (κ3) is 3.54. The van der Waals surface area contributed by atoms with Gasteiger partial charge in [-0.15, -0.1) is 0 Å². The first-order valence-corrected chi connectivity index (χ1v) is 6.70. The molecule has 17 heavy (non-hydrogen) atoms. The van der Waals surface area contributed by atoms with Crippen molar-refractivity contribution in [3.05, 3.63) is 18.2 Å². The first-order chi connectivity index (χ1) is 8.27. The van der Waals surface area contributed by atoms with Gasteiger partial charge in [0.15, 0.2) is 0 Å². The van der Waals surface area contributed by atoms with Crippen LogP contribution in [0.25, 0.3) is 0 Å². The Labute approximate surface area is 104 Å². The summed E-state index contributed by atoms with van der Waals surface area (Å²) in [6, 6.07) is 0.341. The Morgan fingerprint density at radius 1 is 1.41 bits per heavy atom. The molecule has 96 valence electrons. The van der Waals surface area contributed by atoms with Gasteiger partial charge in [0.25, 0.3) is 0 Å². The molecule has 1 aliphatic heterocycles. The van der Waals surface area contributed by atoms with Crippen molar-refractivity contribution in [3.63, 3.8) is 0 Å². The molecule has 0 saturated carbocycles. The molecule has 1 aliphatic rings. The molecule has 0 amide bonds. The molecule has 2 rings (SSSR count). The van der Waals surface area contributed by atoms with Crippen LogP contribution in [-0.2, 0) is 7.05 Å². The summed E-state index contributed by atoms with van der Waals surface area (Å²) in [6.45, 7) is 7.09. The summed E-state index contributed by atoms with van der Waals surface area (Å²) in [5.41, 5.74) is 0. The summed E-state index contributed by atoms with van der Waals surface area (Å²) in [5, 5.41) is 3.54. The zero-order valence-electron chi connectivity index (χ0n) is 11.0. The quantitative estimate of drug-likeness (QED) is 0.761. The van der Waals surface area contributed by atoms with Gasteiger partial charge in [-0.05, 0) is 52.4 Å². The highest BCUT2D eigenvalue weighted by Gasteiger charge is 2.11. The molecule has 0 aliphatic carbocycles. The van der Waals surface area contributed by atoms with Crippen LogP contribution in [0.5, 0.6) is 0 Å². The van der Waals surface area contributed by atoms with E-state index >= 15 is 0 Å². The van der Waals surface area contributed by atoms with E-state index < -0.39 is 0 Å². The van der Waals surface area contributed by atoms with Crippen LogP contribution in [0, 0.1) is 0 Å². The van der Waals surface area contributed by atoms with Crippen molar-refractivity contribution < 1.29 is 0 Å². The highest BCUT2D eigenvalue weighted by atomic mass is 15.1. The third-order valence-electron chi connectivity index (χ3n) is 3.55. The number of rotatable bonds is 6. The minimum absolute atomic E-state index is 0.341. The van der Waals surface area contributed by atoms with Crippen molar-refractivity contribution in [2.45, 2.75) is 32.2 Å². The molecule has 0 spiro atoms. The van der Waals surface area contributed by atoms with Crippen LogP contribution >= 0.6 is 0 Å². The Morgan fingerprint density at radius 2 is 2.18 bits per heavy atom. The molecule has 1 saturated heterocycles. The predicted octanol–water partition coefficient (Wildman–Crippen LogP) is 1.56. The lowest BCUT2D eigenvalue weighted by Gasteiger charge is -2.17. The zero-order valence-corrected chi connectivity index (χ0v) is 11.0. The van der Waals surface area contributed by atoms with E-state index in [2.05, 4.69) is 26.7 Å². The topological polar surface area (TPSA) is 33.1 Å². The van der Waals surface area contributed by atoms with Crippen LogP contribution in [0.2, 0.25) is 0 Å². The van der Waals surface area contributed by atoms with Crippen molar-refractivity contribution in [1.29, 1.82) is 0 Å². The van der Waals surface area contributed by atoms with Gasteiger partial charge in [0.05, 0.1) is 6.04 Å². The second-order valence-electron chi connectivity index (χ2n) is 4.97. The van der Waals surface area contributed by atoms with Crippen LogP contribution in [0.4, 0.5) is 0 Å². The lowest BCUT2D eigenvalue weighted by molar-refractivity contribution is 0.327. The lowest BCUT2D eigenvalue weighted by Crippen LogP contribution is -2.27. The van der Waals surface area contributed by atoms with Crippen LogP contribution in [0.1, 0.15) is 38.1 Å². The first kappa shape index (κ1) is 12.6. The summed E-state index contributed by atoms with van der Waals surface area (Å²) in [7, 11) is 2.05. The van der Waals surface area contributed by atoms with E-state index in [1.54, 1.807) is 0 Å². The van der Waals surface area contributed by atoms with Gasteiger partial charge in [-0.2, -0.15) is 0 Å². The smallest absolute Gasteiger partial charge is 0.125 e. The predicted molar refractivity (Wildman–Crippen MR) is 69.9 cm³/mol. The molecular weight excluding hydrogens is 212 g/mol. The number of likely N-dealkylation sites (tertiary alicyclic amines) is 1. The normalized spacial score (nSPS) is 18.7. The minimum Gasteiger partial charge on any atom is -0.337 e. The van der Waals surface area contributed by atoms with Gasteiger partial charge in [-0.1, -0.05) is 0 Å². The van der Waals surface area contributed by atoms with Crippen LogP contribution in [-0.4, -0.2) is 40.6 Å². The van der Waals surface area contributed by atoms with Crippen molar-refractivity contribution >= 4 is 0 Å². The van der Waals surface area contributed by atoms with Crippen LogP contribution in [0.15, 0.2) is 12.4 Å². The van der Waals surface area contributed by atoms with E-state index in [1.807, 2.05) is 19.4 Å². The molecular formula is C13H24N4. The number of aromatic nitrogens is 2. The summed E-state index contributed by atoms with van der Waals surface area (Å²) in [6.07, 6.45) is 7.86. The molecule has 1 aromatic rings. The first-order valence-electron chi connectivity index (χ1n) is 6.70. The van der Waals surface area contributed by atoms with Crippen LogP contribution in [0.3, 0.4) is 0 Å². The summed E-state index contributed by atoms with van der Waals surface area (Å²) >= 11 is 0. The Hall–Kier alpha value is -0.870. The Morgan fingerprint density at radius 3 is 2.82 bits per heavy atom. The molecule has 0 aromatic carbocycles. The molecule has 1 unspecified atom stereocenters. The second kappa shape index (κ2) is 6.17. The fraction of sp³-hybridized carbons (Fsp3) is 0.769. The van der Waals surface area contributed by atoms with E-state index in [0.717, 1.165) is 12.4 Å². The van der Waals surface area contributed by atoms with Crippen molar-refractivity contribution in [2.24, 2.45) is 7.05 Å². The van der Waals surface area contributed by atoms with E-state index in [9.17, 15) is 0 Å². The van der Waals surface area contributed by atoms with E-state index in [1.165, 1.54) is 38.9 Å². The molecule has 1 atom stereocenters. The standard InChI is InChI=1S/C13H24N4/c1-12(13-15-7-11-16(13)2)14-6-5-10-17-8-3-4-9-17/h7,11-12,14H,3-6,8-10H2,1-2H3. The lowest BCUT2D eigenvalue weighted by atomic mass is 10.3. The third-order valence-corrected chi connectivity index (χ3v) is 3.55. The van der Waals surface area contributed by atoms with Gasteiger partial charge in [-0.25, -0.2) is 4.98 Å². The van der Waals surface area contributed by atoms with Gasteiger partial charge in [0.1, 0.15) is 5.82 Å². The maximum atomic E-state index is 4.36. The monoisotopic (exact) mass is 236 g/mol. The average molecular weight is 236 g/mol. The molecule has 4 heteroatoms. The molecule has 1 fully saturated rings. The number of imidazole rings is 1. The number of nitrogens with one attached hydrogen (secondary N) is 1. The molecule has 1 N–H and O–H groups in total. The number of nitrogens with zero attached hydrogens (tertiary/aromatic N) is 3. The Bertz CT molecular complexity index is 328. The molecule has 0 bridgehead atoms. The SMILES string of the molecule is CC(NCCCN1CCCC1)c1nccn1C. The summed E-state index contributed by atoms with van der Waals surface area (Å²) < 4.78 is 2.08. The minimum atomic E-state index is 0.341. The fourth-order valence-corrected chi connectivity index (χ4v) is 2.51.